The number of aliphatic carboxylic acids is 1. The van der Waals surface area contributed by atoms with Crippen LogP contribution in [0.25, 0.3) is 0 Å². The van der Waals surface area contributed by atoms with Gasteiger partial charge in [-0.3, -0.25) is 9.69 Å². The molecule has 0 aromatic heterocycles. The highest BCUT2D eigenvalue weighted by atomic mass is 16.5. The molecule has 4 heteroatoms. The third-order valence-electron chi connectivity index (χ3n) is 3.70. The van der Waals surface area contributed by atoms with E-state index in [-0.39, 0.29) is 12.0 Å². The summed E-state index contributed by atoms with van der Waals surface area (Å²) in [6.45, 7) is 8.71. The Labute approximate surface area is 127 Å². The molecule has 0 aliphatic heterocycles. The highest BCUT2D eigenvalue weighted by Crippen LogP contribution is 2.21. The molecule has 0 spiro atoms. The minimum Gasteiger partial charge on any atom is -0.481 e. The topological polar surface area (TPSA) is 49.8 Å². The molecule has 1 rings (SSSR count). The summed E-state index contributed by atoms with van der Waals surface area (Å²) in [5.74, 6) is -1.12. The van der Waals surface area contributed by atoms with E-state index in [1.165, 1.54) is 5.56 Å². The van der Waals surface area contributed by atoms with Crippen molar-refractivity contribution >= 4 is 5.97 Å². The normalized spacial score (nSPS) is 14.1. The van der Waals surface area contributed by atoms with Crippen LogP contribution in [0.1, 0.15) is 38.8 Å². The lowest BCUT2D eigenvalue weighted by atomic mass is 10.0. The predicted molar refractivity (Wildman–Crippen MR) is 84.3 cm³/mol. The number of hydrogen-bond donors (Lipinski definition) is 1. The van der Waals surface area contributed by atoms with E-state index >= 15 is 0 Å². The zero-order valence-electron chi connectivity index (χ0n) is 13.3. The van der Waals surface area contributed by atoms with Crippen molar-refractivity contribution in [2.75, 3.05) is 26.3 Å². The second-order valence-electron chi connectivity index (χ2n) is 5.37. The van der Waals surface area contributed by atoms with Gasteiger partial charge >= 0.3 is 5.97 Å². The molecule has 21 heavy (non-hydrogen) atoms. The molecule has 0 saturated heterocycles. The van der Waals surface area contributed by atoms with Crippen LogP contribution in [0.2, 0.25) is 0 Å². The van der Waals surface area contributed by atoms with E-state index < -0.39 is 5.97 Å². The van der Waals surface area contributed by atoms with Gasteiger partial charge in [0, 0.05) is 32.3 Å². The van der Waals surface area contributed by atoms with Crippen LogP contribution < -0.4 is 0 Å². The van der Waals surface area contributed by atoms with Crippen LogP contribution in [0.4, 0.5) is 0 Å². The Morgan fingerprint density at radius 1 is 1.29 bits per heavy atom. The summed E-state index contributed by atoms with van der Waals surface area (Å²) in [6, 6.07) is 10.4. The van der Waals surface area contributed by atoms with Crippen molar-refractivity contribution in [1.82, 2.24) is 4.90 Å². The van der Waals surface area contributed by atoms with Gasteiger partial charge in [0.05, 0.1) is 5.92 Å². The molecule has 0 bridgehead atoms. The van der Waals surface area contributed by atoms with Gasteiger partial charge in [0.25, 0.3) is 0 Å². The fourth-order valence-corrected chi connectivity index (χ4v) is 2.33. The lowest BCUT2D eigenvalue weighted by Crippen LogP contribution is -2.35. The maximum Gasteiger partial charge on any atom is 0.307 e. The number of rotatable bonds is 10. The van der Waals surface area contributed by atoms with Crippen LogP contribution in [0.5, 0.6) is 0 Å². The van der Waals surface area contributed by atoms with Gasteiger partial charge in [0.1, 0.15) is 0 Å². The highest BCUT2D eigenvalue weighted by Gasteiger charge is 2.21. The van der Waals surface area contributed by atoms with Gasteiger partial charge in [0.2, 0.25) is 0 Å². The molecule has 2 unspecified atom stereocenters. The van der Waals surface area contributed by atoms with Crippen LogP contribution in [-0.2, 0) is 9.53 Å². The quantitative estimate of drug-likeness (QED) is 0.673. The molecular weight excluding hydrogens is 266 g/mol. The van der Waals surface area contributed by atoms with Crippen LogP contribution in [0.3, 0.4) is 0 Å². The number of carbonyl (C=O) groups is 1. The molecule has 0 radical (unpaired) electrons. The predicted octanol–water partition coefficient (Wildman–Crippen LogP) is 3.20. The van der Waals surface area contributed by atoms with E-state index in [4.69, 9.17) is 9.84 Å². The second kappa shape index (κ2) is 9.53. The fraction of sp³-hybridized carbons (Fsp3) is 0.588. The van der Waals surface area contributed by atoms with Crippen molar-refractivity contribution in [2.24, 2.45) is 5.92 Å². The second-order valence-corrected chi connectivity index (χ2v) is 5.37. The van der Waals surface area contributed by atoms with Gasteiger partial charge in [0.15, 0.2) is 0 Å². The zero-order chi connectivity index (χ0) is 15.7. The van der Waals surface area contributed by atoms with E-state index in [1.807, 2.05) is 25.1 Å². The number of hydrogen-bond acceptors (Lipinski definition) is 3. The van der Waals surface area contributed by atoms with Crippen molar-refractivity contribution in [1.29, 1.82) is 0 Å². The Bertz CT molecular complexity index is 408. The molecule has 1 aromatic carbocycles. The molecule has 1 N–H and O–H groups in total. The lowest BCUT2D eigenvalue weighted by molar-refractivity contribution is -0.141. The van der Waals surface area contributed by atoms with Crippen molar-refractivity contribution < 1.29 is 14.6 Å². The summed E-state index contributed by atoms with van der Waals surface area (Å²) in [5, 5.41) is 9.14. The Morgan fingerprint density at radius 3 is 2.52 bits per heavy atom. The molecule has 118 valence electrons. The fourth-order valence-electron chi connectivity index (χ4n) is 2.33. The van der Waals surface area contributed by atoms with Crippen molar-refractivity contribution in [3.8, 4) is 0 Å². The average Bonchev–Trinajstić information content (AvgIpc) is 2.50. The number of carboxylic acids is 1. The summed E-state index contributed by atoms with van der Waals surface area (Å²) in [5.41, 5.74) is 1.21. The monoisotopic (exact) mass is 293 g/mol. The molecule has 2 atom stereocenters. The van der Waals surface area contributed by atoms with Gasteiger partial charge in [-0.2, -0.15) is 0 Å². The van der Waals surface area contributed by atoms with Crippen molar-refractivity contribution in [2.45, 2.75) is 33.2 Å². The van der Waals surface area contributed by atoms with Crippen molar-refractivity contribution in [3.63, 3.8) is 0 Å². The number of ether oxygens (including phenoxy) is 1. The maximum absolute atomic E-state index is 11.1. The minimum absolute atomic E-state index is 0.203. The summed E-state index contributed by atoms with van der Waals surface area (Å²) in [6.07, 6.45) is 0.914. The maximum atomic E-state index is 11.1. The number of carboxylic acid groups (broad SMARTS) is 1. The Hall–Kier alpha value is -1.39. The van der Waals surface area contributed by atoms with Gasteiger partial charge in [-0.15, -0.1) is 0 Å². The zero-order valence-corrected chi connectivity index (χ0v) is 13.3. The molecular formula is C17H27NO3. The largest absolute Gasteiger partial charge is 0.481 e. The van der Waals surface area contributed by atoms with Gasteiger partial charge < -0.3 is 9.84 Å². The Kier molecular flexibility index (Phi) is 8.01. The van der Waals surface area contributed by atoms with E-state index in [9.17, 15) is 4.79 Å². The van der Waals surface area contributed by atoms with E-state index in [2.05, 4.69) is 24.0 Å². The van der Waals surface area contributed by atoms with Crippen LogP contribution >= 0.6 is 0 Å². The Balaban J connectivity index is 2.68. The number of benzene rings is 1. The van der Waals surface area contributed by atoms with Gasteiger partial charge in [-0.05, 0) is 25.8 Å². The smallest absolute Gasteiger partial charge is 0.307 e. The first-order valence-electron chi connectivity index (χ1n) is 7.65. The summed E-state index contributed by atoms with van der Waals surface area (Å²) < 4.78 is 5.38. The molecule has 4 nitrogen and oxygen atoms in total. The van der Waals surface area contributed by atoms with E-state index in [0.29, 0.717) is 6.54 Å². The molecule has 1 aromatic rings. The highest BCUT2D eigenvalue weighted by molar-refractivity contribution is 5.69. The number of nitrogens with zero attached hydrogens (tertiary/aromatic N) is 1. The minimum atomic E-state index is -0.745. The van der Waals surface area contributed by atoms with Crippen LogP contribution in [-0.4, -0.2) is 42.3 Å². The molecule has 0 saturated carbocycles. The first-order valence-corrected chi connectivity index (χ1v) is 7.65. The molecule has 0 aliphatic rings. The van der Waals surface area contributed by atoms with E-state index in [1.54, 1.807) is 6.92 Å². The standard InChI is InChI=1S/C17H27NO3/c1-4-21-12-8-11-18(13-14(2)17(19)20)15(3)16-9-6-5-7-10-16/h5-7,9-10,14-15H,4,8,11-13H2,1-3H3,(H,19,20). The van der Waals surface area contributed by atoms with Crippen molar-refractivity contribution in [3.05, 3.63) is 35.9 Å². The van der Waals surface area contributed by atoms with Crippen LogP contribution in [0, 0.1) is 5.92 Å². The van der Waals surface area contributed by atoms with Gasteiger partial charge in [-0.1, -0.05) is 37.3 Å². The SMILES string of the molecule is CCOCCCN(CC(C)C(=O)O)C(C)c1ccccc1. The summed E-state index contributed by atoms with van der Waals surface area (Å²) >= 11 is 0. The molecule has 0 amide bonds. The lowest BCUT2D eigenvalue weighted by Gasteiger charge is -2.30. The van der Waals surface area contributed by atoms with Gasteiger partial charge in [-0.25, -0.2) is 0 Å². The first-order chi connectivity index (χ1) is 10.1. The average molecular weight is 293 g/mol. The Morgan fingerprint density at radius 2 is 1.95 bits per heavy atom. The third-order valence-corrected chi connectivity index (χ3v) is 3.70. The van der Waals surface area contributed by atoms with E-state index in [0.717, 1.165) is 26.2 Å². The summed E-state index contributed by atoms with van der Waals surface area (Å²) in [4.78, 5) is 13.3. The molecule has 0 heterocycles. The first kappa shape index (κ1) is 17.7. The third kappa shape index (κ3) is 6.27. The molecule has 0 fully saturated rings. The molecule has 0 aliphatic carbocycles. The van der Waals surface area contributed by atoms with Crippen LogP contribution in [0.15, 0.2) is 30.3 Å². The summed E-state index contributed by atoms with van der Waals surface area (Å²) in [7, 11) is 0.